The Kier molecular flexibility index (Phi) is 6.60. The molecule has 8 aromatic carbocycles. The van der Waals surface area contributed by atoms with E-state index in [0.717, 1.165) is 28.4 Å². The largest absolute Gasteiger partial charge is 0.311 e. The van der Waals surface area contributed by atoms with Crippen LogP contribution in [0.1, 0.15) is 0 Å². The van der Waals surface area contributed by atoms with Gasteiger partial charge in [0.25, 0.3) is 6.71 Å². The number of rotatable bonds is 5. The van der Waals surface area contributed by atoms with Gasteiger partial charge < -0.3 is 14.7 Å². The summed E-state index contributed by atoms with van der Waals surface area (Å²) in [6, 6.07) is 70.4. The van der Waals surface area contributed by atoms with Gasteiger partial charge in [0.1, 0.15) is 0 Å². The van der Waals surface area contributed by atoms with Crippen molar-refractivity contribution in [1.82, 2.24) is 0 Å². The van der Waals surface area contributed by atoms with Crippen LogP contribution in [-0.2, 0) is 0 Å². The number of hydrogen-bond acceptors (Lipinski definition) is 3. The lowest BCUT2D eigenvalue weighted by atomic mass is 9.33. The minimum atomic E-state index is 0.0695. The van der Waals surface area contributed by atoms with Gasteiger partial charge in [-0.3, -0.25) is 0 Å². The molecule has 0 spiro atoms. The Hall–Kier alpha value is -6.52. The van der Waals surface area contributed by atoms with Crippen molar-refractivity contribution >= 4 is 85.1 Å². The third-order valence-electron chi connectivity index (χ3n) is 10.2. The second kappa shape index (κ2) is 11.6. The second-order valence-corrected chi connectivity index (χ2v) is 13.0. The molecule has 0 aromatic heterocycles. The van der Waals surface area contributed by atoms with Crippen LogP contribution in [0.15, 0.2) is 194 Å². The molecule has 8 aromatic rings. The van der Waals surface area contributed by atoms with E-state index in [9.17, 15) is 0 Å². The van der Waals surface area contributed by atoms with Crippen LogP contribution >= 0.6 is 0 Å². The molecule has 3 nitrogen and oxygen atoms in total. The minimum absolute atomic E-state index is 0.0695. The molecule has 4 heteroatoms. The van der Waals surface area contributed by atoms with Gasteiger partial charge in [0.2, 0.25) is 0 Å². The van der Waals surface area contributed by atoms with Crippen molar-refractivity contribution in [3.8, 4) is 0 Å². The summed E-state index contributed by atoms with van der Waals surface area (Å²) in [5.41, 5.74) is 14.4. The lowest BCUT2D eigenvalue weighted by Crippen LogP contribution is -2.61. The average molecular weight is 638 g/mol. The molecule has 0 saturated heterocycles. The Morgan fingerprint density at radius 1 is 0.340 bits per heavy atom. The molecular formula is C46H32BN3. The van der Waals surface area contributed by atoms with Gasteiger partial charge in [-0.15, -0.1) is 0 Å². The van der Waals surface area contributed by atoms with Gasteiger partial charge in [-0.25, -0.2) is 0 Å². The summed E-state index contributed by atoms with van der Waals surface area (Å²) in [7, 11) is 0. The molecular weight excluding hydrogens is 605 g/mol. The summed E-state index contributed by atoms with van der Waals surface area (Å²) in [5, 5.41) is 2.48. The number of benzene rings is 8. The van der Waals surface area contributed by atoms with E-state index in [0.29, 0.717) is 0 Å². The lowest BCUT2D eigenvalue weighted by molar-refractivity contribution is 1.24. The molecule has 0 fully saturated rings. The maximum Gasteiger partial charge on any atom is 0.252 e. The maximum absolute atomic E-state index is 2.47. The molecule has 10 rings (SSSR count). The first-order valence-corrected chi connectivity index (χ1v) is 17.2. The highest BCUT2D eigenvalue weighted by Crippen LogP contribution is 2.45. The van der Waals surface area contributed by atoms with Gasteiger partial charge in [-0.2, -0.15) is 0 Å². The fraction of sp³-hybridized carbons (Fsp3) is 0. The molecule has 0 saturated carbocycles. The van der Waals surface area contributed by atoms with Crippen molar-refractivity contribution in [2.75, 3.05) is 14.7 Å². The van der Waals surface area contributed by atoms with E-state index in [1.54, 1.807) is 0 Å². The second-order valence-electron chi connectivity index (χ2n) is 13.0. The Morgan fingerprint density at radius 3 is 1.62 bits per heavy atom. The summed E-state index contributed by atoms with van der Waals surface area (Å²) in [6.45, 7) is 0.0695. The molecule has 2 heterocycles. The van der Waals surface area contributed by atoms with Crippen molar-refractivity contribution in [3.05, 3.63) is 194 Å². The van der Waals surface area contributed by atoms with Gasteiger partial charge in [0.15, 0.2) is 0 Å². The van der Waals surface area contributed by atoms with Crippen LogP contribution in [0.2, 0.25) is 0 Å². The Bertz CT molecular complexity index is 2480. The molecule has 0 atom stereocenters. The fourth-order valence-electron chi connectivity index (χ4n) is 8.06. The summed E-state index contributed by atoms with van der Waals surface area (Å²) in [6.07, 6.45) is 0. The monoisotopic (exact) mass is 637 g/mol. The molecule has 0 unspecified atom stereocenters. The zero-order valence-corrected chi connectivity index (χ0v) is 27.4. The highest BCUT2D eigenvalue weighted by Gasteiger charge is 2.43. The standard InChI is InChI=1S/C46H32BN3/c1-4-17-35(18-5-1)48(36-19-6-2-7-20-36)39-29-30-41-45(32-39)49(37-21-8-3-9-22-37)43-25-14-26-44-46(43)47(41)40-23-12-13-24-42(40)50(44)38-28-27-33-15-10-11-16-34(33)31-38/h1-32H. The van der Waals surface area contributed by atoms with E-state index < -0.39 is 0 Å². The molecule has 0 aliphatic carbocycles. The first-order valence-electron chi connectivity index (χ1n) is 17.2. The van der Waals surface area contributed by atoms with Gasteiger partial charge >= 0.3 is 0 Å². The van der Waals surface area contributed by atoms with Crippen molar-refractivity contribution in [1.29, 1.82) is 0 Å². The lowest BCUT2D eigenvalue weighted by Gasteiger charge is -2.44. The Balaban J connectivity index is 1.23. The topological polar surface area (TPSA) is 9.72 Å². The minimum Gasteiger partial charge on any atom is -0.311 e. The molecule has 2 aliphatic heterocycles. The van der Waals surface area contributed by atoms with Gasteiger partial charge in [0, 0.05) is 51.2 Å². The average Bonchev–Trinajstić information content (AvgIpc) is 3.19. The summed E-state index contributed by atoms with van der Waals surface area (Å²) < 4.78 is 0. The van der Waals surface area contributed by atoms with Gasteiger partial charge in [-0.1, -0.05) is 115 Å². The fourth-order valence-corrected chi connectivity index (χ4v) is 8.06. The van der Waals surface area contributed by atoms with Crippen LogP contribution in [0.5, 0.6) is 0 Å². The molecule has 0 N–H and O–H groups in total. The first-order chi connectivity index (χ1) is 24.8. The molecule has 0 radical (unpaired) electrons. The Morgan fingerprint density at radius 2 is 0.900 bits per heavy atom. The number of fused-ring (bicyclic) bond motifs is 5. The van der Waals surface area contributed by atoms with Crippen LogP contribution in [0.3, 0.4) is 0 Å². The van der Waals surface area contributed by atoms with E-state index >= 15 is 0 Å². The van der Waals surface area contributed by atoms with Gasteiger partial charge in [-0.05, 0) is 106 Å². The SMILES string of the molecule is c1ccc(N(c2ccccc2)c2ccc3c(c2)N(c2ccccc2)c2cccc4c2B3c2ccccc2N4c2ccc3ccccc3c2)cc1. The number of anilines is 9. The van der Waals surface area contributed by atoms with E-state index in [1.165, 1.54) is 49.9 Å². The van der Waals surface area contributed by atoms with E-state index in [1.807, 2.05) is 0 Å². The van der Waals surface area contributed by atoms with Crippen molar-refractivity contribution < 1.29 is 0 Å². The number of para-hydroxylation sites is 4. The van der Waals surface area contributed by atoms with Gasteiger partial charge in [0.05, 0.1) is 0 Å². The Labute approximate surface area is 293 Å². The zero-order valence-electron chi connectivity index (χ0n) is 27.4. The quantitative estimate of drug-likeness (QED) is 0.174. The number of nitrogens with zero attached hydrogens (tertiary/aromatic N) is 3. The summed E-state index contributed by atoms with van der Waals surface area (Å²) in [5.74, 6) is 0. The number of hydrogen-bond donors (Lipinski definition) is 0. The maximum atomic E-state index is 2.47. The van der Waals surface area contributed by atoms with Crippen LogP contribution in [0.25, 0.3) is 10.8 Å². The predicted molar refractivity (Wildman–Crippen MR) is 213 cm³/mol. The molecule has 234 valence electrons. The third kappa shape index (κ3) is 4.46. The van der Waals surface area contributed by atoms with Crippen molar-refractivity contribution in [3.63, 3.8) is 0 Å². The van der Waals surface area contributed by atoms with Crippen LogP contribution < -0.4 is 31.1 Å². The highest BCUT2D eigenvalue weighted by atomic mass is 15.2. The van der Waals surface area contributed by atoms with Crippen LogP contribution in [0.4, 0.5) is 51.2 Å². The molecule has 0 amide bonds. The van der Waals surface area contributed by atoms with E-state index in [4.69, 9.17) is 0 Å². The van der Waals surface area contributed by atoms with E-state index in [-0.39, 0.29) is 6.71 Å². The predicted octanol–water partition coefficient (Wildman–Crippen LogP) is 10.4. The summed E-state index contributed by atoms with van der Waals surface area (Å²) in [4.78, 5) is 7.28. The summed E-state index contributed by atoms with van der Waals surface area (Å²) >= 11 is 0. The molecule has 2 aliphatic rings. The molecule has 50 heavy (non-hydrogen) atoms. The molecule has 0 bridgehead atoms. The van der Waals surface area contributed by atoms with Crippen molar-refractivity contribution in [2.45, 2.75) is 0 Å². The smallest absolute Gasteiger partial charge is 0.252 e. The van der Waals surface area contributed by atoms with E-state index in [2.05, 4.69) is 209 Å². The third-order valence-corrected chi connectivity index (χ3v) is 10.2. The van der Waals surface area contributed by atoms with Crippen LogP contribution in [-0.4, -0.2) is 6.71 Å². The highest BCUT2D eigenvalue weighted by molar-refractivity contribution is 7.00. The zero-order chi connectivity index (χ0) is 33.0. The normalized spacial score (nSPS) is 12.7. The van der Waals surface area contributed by atoms with Crippen LogP contribution in [0, 0.1) is 0 Å². The van der Waals surface area contributed by atoms with Crippen molar-refractivity contribution in [2.24, 2.45) is 0 Å². The first kappa shape index (κ1) is 28.5.